The Bertz CT molecular complexity index is 556. The van der Waals surface area contributed by atoms with Crippen molar-refractivity contribution in [3.05, 3.63) is 35.5 Å². The van der Waals surface area contributed by atoms with Crippen LogP contribution >= 0.6 is 0 Å². The van der Waals surface area contributed by atoms with Gasteiger partial charge in [-0.05, 0) is 52.9 Å². The molecule has 1 fully saturated rings. The molecule has 4 unspecified atom stereocenters. The summed E-state index contributed by atoms with van der Waals surface area (Å²) < 4.78 is 5.43. The van der Waals surface area contributed by atoms with Crippen molar-refractivity contribution in [2.75, 3.05) is 0 Å². The number of carbonyl (C=O) groups excluding carboxylic acids is 1. The van der Waals surface area contributed by atoms with Crippen LogP contribution in [0.25, 0.3) is 0 Å². The Balaban J connectivity index is 2.25. The topological polar surface area (TPSA) is 66.8 Å². The largest absolute Gasteiger partial charge is 0.458 e. The van der Waals surface area contributed by atoms with Gasteiger partial charge in [-0.1, -0.05) is 29.9 Å². The summed E-state index contributed by atoms with van der Waals surface area (Å²) in [6.45, 7) is 9.65. The maximum Gasteiger partial charge on any atom is 0.334 e. The molecule has 0 aromatic heterocycles. The second-order valence-corrected chi connectivity index (χ2v) is 7.57. The maximum atomic E-state index is 11.9. The van der Waals surface area contributed by atoms with Gasteiger partial charge in [-0.15, -0.1) is 0 Å². The number of rotatable bonds is 0. The fourth-order valence-electron chi connectivity index (χ4n) is 3.45. The molecule has 2 N–H and O–H groups in total. The van der Waals surface area contributed by atoms with E-state index in [-0.39, 0.29) is 18.3 Å². The Morgan fingerprint density at radius 1 is 1.25 bits per heavy atom. The highest BCUT2D eigenvalue weighted by Crippen LogP contribution is 2.36. The fourth-order valence-corrected chi connectivity index (χ4v) is 3.45. The summed E-state index contributed by atoms with van der Waals surface area (Å²) in [7, 11) is 0. The van der Waals surface area contributed by atoms with Crippen LogP contribution in [0.5, 0.6) is 0 Å². The molecule has 0 saturated carbocycles. The summed E-state index contributed by atoms with van der Waals surface area (Å²) in [4.78, 5) is 11.9. The van der Waals surface area contributed by atoms with E-state index >= 15 is 0 Å². The van der Waals surface area contributed by atoms with Crippen LogP contribution in [0.1, 0.15) is 59.3 Å². The zero-order chi connectivity index (χ0) is 17.9. The first kappa shape index (κ1) is 18.9. The molecule has 1 aliphatic carbocycles. The molecule has 24 heavy (non-hydrogen) atoms. The third-order valence-corrected chi connectivity index (χ3v) is 5.31. The quantitative estimate of drug-likeness (QED) is 0.404. The number of fused-ring (bicyclic) bond motifs is 1. The predicted octanol–water partition coefficient (Wildman–Crippen LogP) is 3.44. The van der Waals surface area contributed by atoms with Crippen molar-refractivity contribution in [3.8, 4) is 0 Å². The van der Waals surface area contributed by atoms with E-state index in [0.29, 0.717) is 18.4 Å². The normalized spacial score (nSPS) is 36.3. The molecular weight excluding hydrogens is 304 g/mol. The summed E-state index contributed by atoms with van der Waals surface area (Å²) in [5.74, 6) is -0.519. The van der Waals surface area contributed by atoms with Gasteiger partial charge in [0.25, 0.3) is 0 Å². The number of aliphatic hydroxyl groups is 2. The molecule has 2 aliphatic rings. The average molecular weight is 334 g/mol. The van der Waals surface area contributed by atoms with Gasteiger partial charge in [0.2, 0.25) is 0 Å². The molecule has 4 nitrogen and oxygen atoms in total. The molecule has 0 spiro atoms. The van der Waals surface area contributed by atoms with Crippen LogP contribution in [0.15, 0.2) is 35.5 Å². The Hall–Kier alpha value is -1.39. The molecule has 1 saturated heterocycles. The number of carbonyl (C=O) groups is 1. The van der Waals surface area contributed by atoms with Gasteiger partial charge in [0.15, 0.2) is 0 Å². The molecule has 1 heterocycles. The van der Waals surface area contributed by atoms with Crippen LogP contribution < -0.4 is 0 Å². The van der Waals surface area contributed by atoms with Gasteiger partial charge in [-0.2, -0.15) is 0 Å². The minimum Gasteiger partial charge on any atom is -0.458 e. The molecule has 2 rings (SSSR count). The summed E-state index contributed by atoms with van der Waals surface area (Å²) in [5.41, 5.74) is 1.69. The van der Waals surface area contributed by atoms with Gasteiger partial charge in [-0.25, -0.2) is 4.79 Å². The van der Waals surface area contributed by atoms with Gasteiger partial charge >= 0.3 is 5.97 Å². The lowest BCUT2D eigenvalue weighted by Crippen LogP contribution is -2.43. The smallest absolute Gasteiger partial charge is 0.334 e. The zero-order valence-electron chi connectivity index (χ0n) is 15.0. The highest BCUT2D eigenvalue weighted by atomic mass is 16.6. The number of hydrogen-bond acceptors (Lipinski definition) is 4. The van der Waals surface area contributed by atoms with Crippen LogP contribution in [-0.4, -0.2) is 34.0 Å². The first-order valence-corrected chi connectivity index (χ1v) is 8.82. The molecule has 4 atom stereocenters. The minimum atomic E-state index is -1.29. The highest BCUT2D eigenvalue weighted by molar-refractivity contribution is 5.90. The second-order valence-electron chi connectivity index (χ2n) is 7.57. The van der Waals surface area contributed by atoms with Crippen LogP contribution in [-0.2, 0) is 9.53 Å². The predicted molar refractivity (Wildman–Crippen MR) is 94.4 cm³/mol. The minimum absolute atomic E-state index is 0.133. The van der Waals surface area contributed by atoms with Crippen molar-refractivity contribution < 1.29 is 19.7 Å². The molecule has 0 aromatic carbocycles. The zero-order valence-corrected chi connectivity index (χ0v) is 15.0. The monoisotopic (exact) mass is 334 g/mol. The summed E-state index contributed by atoms with van der Waals surface area (Å²) in [6.07, 6.45) is 7.15. The standard InChI is InChI=1S/C20H30O4/c1-13-6-5-7-14(2)9-11-18(21)20(4,23)12-17-16(10-8-13)15(3)19(22)24-17/h7-8,16-18,21,23H,3,5-6,9-12H2,1-2,4H3. The van der Waals surface area contributed by atoms with E-state index in [1.807, 2.05) is 0 Å². The molecule has 1 aliphatic heterocycles. The van der Waals surface area contributed by atoms with Gasteiger partial charge in [0, 0.05) is 17.9 Å². The third-order valence-electron chi connectivity index (χ3n) is 5.31. The average Bonchev–Trinajstić information content (AvgIpc) is 2.75. The van der Waals surface area contributed by atoms with E-state index in [9.17, 15) is 15.0 Å². The molecule has 0 radical (unpaired) electrons. The van der Waals surface area contributed by atoms with Crippen molar-refractivity contribution in [2.24, 2.45) is 5.92 Å². The number of hydrogen-bond donors (Lipinski definition) is 2. The highest BCUT2D eigenvalue weighted by Gasteiger charge is 2.43. The second kappa shape index (κ2) is 7.66. The van der Waals surface area contributed by atoms with Crippen molar-refractivity contribution in [2.45, 2.75) is 77.1 Å². The first-order valence-electron chi connectivity index (χ1n) is 8.82. The number of aliphatic hydroxyl groups excluding tert-OH is 1. The van der Waals surface area contributed by atoms with Crippen molar-refractivity contribution >= 4 is 5.97 Å². The SMILES string of the molecule is C=C1C(=O)OC2CC(C)(O)C(O)CCC(C)=CCCC(C)=CCC12. The molecule has 134 valence electrons. The fraction of sp³-hybridized carbons (Fsp3) is 0.650. The van der Waals surface area contributed by atoms with Gasteiger partial charge in [0.05, 0.1) is 11.7 Å². The van der Waals surface area contributed by atoms with E-state index in [2.05, 4.69) is 32.6 Å². The lowest BCUT2D eigenvalue weighted by Gasteiger charge is -2.32. The summed E-state index contributed by atoms with van der Waals surface area (Å²) in [5, 5.41) is 21.1. The first-order chi connectivity index (χ1) is 11.2. The number of ether oxygens (including phenoxy) is 1. The Kier molecular flexibility index (Phi) is 6.05. The van der Waals surface area contributed by atoms with Gasteiger partial charge < -0.3 is 14.9 Å². The Labute approximate surface area is 144 Å². The Morgan fingerprint density at radius 2 is 1.92 bits per heavy atom. The van der Waals surface area contributed by atoms with E-state index in [1.165, 1.54) is 11.1 Å². The maximum absolute atomic E-state index is 11.9. The summed E-state index contributed by atoms with van der Waals surface area (Å²) in [6, 6.07) is 0. The number of esters is 1. The van der Waals surface area contributed by atoms with Crippen LogP contribution in [0.2, 0.25) is 0 Å². The van der Waals surface area contributed by atoms with Crippen LogP contribution in [0.3, 0.4) is 0 Å². The van der Waals surface area contributed by atoms with Gasteiger partial charge in [0.1, 0.15) is 6.10 Å². The van der Waals surface area contributed by atoms with E-state index in [4.69, 9.17) is 4.74 Å². The van der Waals surface area contributed by atoms with E-state index in [0.717, 1.165) is 19.3 Å². The van der Waals surface area contributed by atoms with Gasteiger partial charge in [-0.3, -0.25) is 0 Å². The lowest BCUT2D eigenvalue weighted by molar-refractivity contribution is -0.144. The van der Waals surface area contributed by atoms with Crippen molar-refractivity contribution in [3.63, 3.8) is 0 Å². The third kappa shape index (κ3) is 4.58. The molecule has 0 bridgehead atoms. The molecule has 4 heteroatoms. The summed E-state index contributed by atoms with van der Waals surface area (Å²) >= 11 is 0. The van der Waals surface area contributed by atoms with Crippen molar-refractivity contribution in [1.29, 1.82) is 0 Å². The van der Waals surface area contributed by atoms with E-state index < -0.39 is 17.8 Å². The molecule has 0 aromatic rings. The number of allylic oxidation sites excluding steroid dienone is 4. The molecule has 0 amide bonds. The molecular formula is C20H30O4. The Morgan fingerprint density at radius 3 is 2.62 bits per heavy atom. The van der Waals surface area contributed by atoms with E-state index in [1.54, 1.807) is 6.92 Å². The van der Waals surface area contributed by atoms with Crippen LogP contribution in [0.4, 0.5) is 0 Å². The van der Waals surface area contributed by atoms with Crippen molar-refractivity contribution in [1.82, 2.24) is 0 Å². The van der Waals surface area contributed by atoms with Crippen LogP contribution in [0, 0.1) is 5.92 Å². The lowest BCUT2D eigenvalue weighted by atomic mass is 9.82.